The summed E-state index contributed by atoms with van der Waals surface area (Å²) in [7, 11) is 2.12. The van der Waals surface area contributed by atoms with Crippen LogP contribution in [-0.2, 0) is 18.4 Å². The van der Waals surface area contributed by atoms with E-state index in [1.165, 1.54) is 27.7 Å². The average Bonchev–Trinajstić information content (AvgIpc) is 3.44. The van der Waals surface area contributed by atoms with Crippen LogP contribution >= 0.6 is 0 Å². The first-order valence-corrected chi connectivity index (χ1v) is 11.1. The van der Waals surface area contributed by atoms with E-state index in [4.69, 9.17) is 9.47 Å². The zero-order chi connectivity index (χ0) is 21.1. The lowest BCUT2D eigenvalue weighted by atomic mass is 9.86. The third-order valence-electron chi connectivity index (χ3n) is 7.18. The van der Waals surface area contributed by atoms with Gasteiger partial charge in [0.15, 0.2) is 11.5 Å². The second-order valence-corrected chi connectivity index (χ2v) is 8.81. The minimum absolute atomic E-state index is 0.000627. The van der Waals surface area contributed by atoms with E-state index in [0.717, 1.165) is 48.3 Å². The molecule has 1 aliphatic carbocycles. The summed E-state index contributed by atoms with van der Waals surface area (Å²) in [5.74, 6) is 1.74. The highest BCUT2D eigenvalue weighted by atomic mass is 16.7. The van der Waals surface area contributed by atoms with Gasteiger partial charge in [0, 0.05) is 41.3 Å². The number of aryl methyl sites for hydroxylation is 1. The standard InChI is InChI=1S/C26H26N2O3/c1-16-24(20-9-5-6-10-21(20)27(16)2)25-18-7-3-4-8-19(18)26(29)28(25)14-17-11-12-22-23(13-17)31-15-30-22/h5-6,9-13,25H,3-4,7-8,14-15H2,1-2H3/t25-/m1/s1. The Labute approximate surface area is 181 Å². The molecular formula is C26H26N2O3. The normalized spacial score (nSPS) is 20.1. The van der Waals surface area contributed by atoms with Crippen LogP contribution in [0.5, 0.6) is 11.5 Å². The van der Waals surface area contributed by atoms with Crippen molar-refractivity contribution in [2.45, 2.75) is 45.2 Å². The van der Waals surface area contributed by atoms with Crippen molar-refractivity contribution >= 4 is 16.8 Å². The lowest BCUT2D eigenvalue weighted by molar-refractivity contribution is -0.127. The van der Waals surface area contributed by atoms with E-state index in [-0.39, 0.29) is 18.7 Å². The van der Waals surface area contributed by atoms with Gasteiger partial charge in [0.25, 0.3) is 5.91 Å². The number of hydrogen-bond acceptors (Lipinski definition) is 3. The Morgan fingerprint density at radius 1 is 1.03 bits per heavy atom. The summed E-state index contributed by atoms with van der Waals surface area (Å²) in [6, 6.07) is 14.6. The van der Waals surface area contributed by atoms with Gasteiger partial charge >= 0.3 is 0 Å². The number of aromatic nitrogens is 1. The van der Waals surface area contributed by atoms with Crippen LogP contribution in [0.2, 0.25) is 0 Å². The van der Waals surface area contributed by atoms with Crippen molar-refractivity contribution in [1.82, 2.24) is 9.47 Å². The summed E-state index contributed by atoms with van der Waals surface area (Å²) >= 11 is 0. The predicted molar refractivity (Wildman–Crippen MR) is 119 cm³/mol. The molecule has 0 saturated carbocycles. The van der Waals surface area contributed by atoms with Gasteiger partial charge in [0.05, 0.1) is 6.04 Å². The molecule has 1 aromatic heterocycles. The Balaban J connectivity index is 1.48. The summed E-state index contributed by atoms with van der Waals surface area (Å²) in [6.07, 6.45) is 4.16. The first-order valence-electron chi connectivity index (χ1n) is 11.1. The fourth-order valence-corrected chi connectivity index (χ4v) is 5.58. The maximum atomic E-state index is 13.6. The van der Waals surface area contributed by atoms with Gasteiger partial charge in [-0.1, -0.05) is 24.3 Å². The molecule has 0 spiro atoms. The number of benzene rings is 2. The number of carbonyl (C=O) groups excluding carboxylic acids is 1. The Morgan fingerprint density at radius 2 is 1.84 bits per heavy atom. The molecule has 3 aliphatic rings. The molecule has 3 aromatic rings. The van der Waals surface area contributed by atoms with Crippen molar-refractivity contribution < 1.29 is 14.3 Å². The fraction of sp³-hybridized carbons (Fsp3) is 0.346. The Hall–Kier alpha value is -3.21. The first-order chi connectivity index (χ1) is 15.1. The van der Waals surface area contributed by atoms with Gasteiger partial charge in [-0.15, -0.1) is 0 Å². The van der Waals surface area contributed by atoms with Crippen molar-refractivity contribution in [2.24, 2.45) is 7.05 Å². The quantitative estimate of drug-likeness (QED) is 0.594. The molecule has 6 rings (SSSR count). The van der Waals surface area contributed by atoms with Crippen LogP contribution in [0.4, 0.5) is 0 Å². The van der Waals surface area contributed by atoms with Gasteiger partial charge in [0.1, 0.15) is 0 Å². The minimum Gasteiger partial charge on any atom is -0.454 e. The topological polar surface area (TPSA) is 43.7 Å². The molecule has 0 saturated heterocycles. The number of hydrogen-bond donors (Lipinski definition) is 0. The predicted octanol–water partition coefficient (Wildman–Crippen LogP) is 5.17. The lowest BCUT2D eigenvalue weighted by Crippen LogP contribution is -2.30. The molecular weight excluding hydrogens is 388 g/mol. The van der Waals surface area contributed by atoms with Crippen molar-refractivity contribution in [3.63, 3.8) is 0 Å². The highest BCUT2D eigenvalue weighted by molar-refractivity contribution is 5.99. The molecule has 0 N–H and O–H groups in total. The zero-order valence-electron chi connectivity index (χ0n) is 18.0. The largest absolute Gasteiger partial charge is 0.454 e. The number of nitrogens with zero attached hydrogens (tertiary/aromatic N) is 2. The summed E-state index contributed by atoms with van der Waals surface area (Å²) in [5, 5.41) is 1.25. The van der Waals surface area contributed by atoms with E-state index in [1.54, 1.807) is 0 Å². The Morgan fingerprint density at radius 3 is 2.74 bits per heavy atom. The Kier molecular flexibility index (Phi) is 4.13. The average molecular weight is 415 g/mol. The highest BCUT2D eigenvalue weighted by Crippen LogP contribution is 2.48. The van der Waals surface area contributed by atoms with Crippen molar-refractivity contribution in [1.29, 1.82) is 0 Å². The van der Waals surface area contributed by atoms with Crippen LogP contribution in [0.25, 0.3) is 10.9 Å². The molecule has 0 bridgehead atoms. The number of para-hydroxylation sites is 1. The van der Waals surface area contributed by atoms with Crippen LogP contribution in [0.15, 0.2) is 53.6 Å². The fourth-order valence-electron chi connectivity index (χ4n) is 5.58. The lowest BCUT2D eigenvalue weighted by Gasteiger charge is -2.28. The van der Waals surface area contributed by atoms with Crippen LogP contribution < -0.4 is 9.47 Å². The van der Waals surface area contributed by atoms with Crippen LogP contribution in [0.1, 0.15) is 48.5 Å². The summed E-state index contributed by atoms with van der Waals surface area (Å²) in [4.78, 5) is 15.7. The smallest absolute Gasteiger partial charge is 0.250 e. The SMILES string of the molecule is Cc1c([C@H]2C3=C(CCCC3)C(=O)N2Cc2ccc3c(c2)OCO3)c2ccccc2n1C. The first kappa shape index (κ1) is 18.6. The van der Waals surface area contributed by atoms with Crippen molar-refractivity contribution in [3.05, 3.63) is 70.4 Å². The second-order valence-electron chi connectivity index (χ2n) is 8.81. The molecule has 1 amide bonds. The third kappa shape index (κ3) is 2.72. The molecule has 158 valence electrons. The van der Waals surface area contributed by atoms with Gasteiger partial charge in [-0.05, 0) is 61.9 Å². The van der Waals surface area contributed by atoms with E-state index < -0.39 is 0 Å². The van der Waals surface area contributed by atoms with Crippen molar-refractivity contribution in [2.75, 3.05) is 6.79 Å². The number of carbonyl (C=O) groups is 1. The van der Waals surface area contributed by atoms with Crippen LogP contribution in [-0.4, -0.2) is 22.2 Å². The molecule has 1 atom stereocenters. The molecule has 3 heterocycles. The number of rotatable bonds is 3. The zero-order valence-corrected chi connectivity index (χ0v) is 18.0. The second kappa shape index (κ2) is 6.91. The van der Waals surface area contributed by atoms with E-state index in [9.17, 15) is 4.79 Å². The molecule has 0 fully saturated rings. The third-order valence-corrected chi connectivity index (χ3v) is 7.18. The molecule has 31 heavy (non-hydrogen) atoms. The van der Waals surface area contributed by atoms with Gasteiger partial charge in [0.2, 0.25) is 6.79 Å². The van der Waals surface area contributed by atoms with Gasteiger partial charge in [-0.2, -0.15) is 0 Å². The number of amides is 1. The molecule has 2 aromatic carbocycles. The molecule has 2 aliphatic heterocycles. The molecule has 5 heteroatoms. The van der Waals surface area contributed by atoms with E-state index in [0.29, 0.717) is 6.54 Å². The molecule has 0 unspecified atom stereocenters. The van der Waals surface area contributed by atoms with Crippen LogP contribution in [0, 0.1) is 6.92 Å². The molecule has 0 radical (unpaired) electrons. The Bertz CT molecular complexity index is 1250. The maximum Gasteiger partial charge on any atom is 0.250 e. The minimum atomic E-state index is -0.000627. The van der Waals surface area contributed by atoms with Gasteiger partial charge in [-0.25, -0.2) is 0 Å². The number of fused-ring (bicyclic) bond motifs is 2. The monoisotopic (exact) mass is 414 g/mol. The van der Waals surface area contributed by atoms with E-state index in [2.05, 4.69) is 47.7 Å². The van der Waals surface area contributed by atoms with E-state index in [1.807, 2.05) is 18.2 Å². The molecule has 5 nitrogen and oxygen atoms in total. The summed E-state index contributed by atoms with van der Waals surface area (Å²) < 4.78 is 13.3. The van der Waals surface area contributed by atoms with Crippen molar-refractivity contribution in [3.8, 4) is 11.5 Å². The number of ether oxygens (including phenoxy) is 2. The van der Waals surface area contributed by atoms with Gasteiger partial charge in [-0.3, -0.25) is 4.79 Å². The van der Waals surface area contributed by atoms with E-state index >= 15 is 0 Å². The summed E-state index contributed by atoms with van der Waals surface area (Å²) in [5.41, 5.74) is 7.17. The highest BCUT2D eigenvalue weighted by Gasteiger charge is 2.42. The maximum absolute atomic E-state index is 13.6. The summed E-state index contributed by atoms with van der Waals surface area (Å²) in [6.45, 7) is 3.00. The van der Waals surface area contributed by atoms with Crippen LogP contribution in [0.3, 0.4) is 0 Å². The van der Waals surface area contributed by atoms with Gasteiger partial charge < -0.3 is 18.9 Å².